The Morgan fingerprint density at radius 3 is 2.63 bits per heavy atom. The molecule has 1 aliphatic rings. The van der Waals surface area contributed by atoms with E-state index >= 15 is 0 Å². The molecule has 0 unspecified atom stereocenters. The van der Waals surface area contributed by atoms with E-state index in [4.69, 9.17) is 4.98 Å². The number of hydrogen-bond acceptors (Lipinski definition) is 3. The van der Waals surface area contributed by atoms with Crippen molar-refractivity contribution in [2.24, 2.45) is 0 Å². The third kappa shape index (κ3) is 3.24. The van der Waals surface area contributed by atoms with Crippen LogP contribution in [0.2, 0.25) is 0 Å². The van der Waals surface area contributed by atoms with Crippen LogP contribution in [0.3, 0.4) is 0 Å². The number of amides is 1. The Kier molecular flexibility index (Phi) is 4.35. The Morgan fingerprint density at radius 2 is 1.90 bits per heavy atom. The Hall–Kier alpha value is -3.54. The zero-order valence-electron chi connectivity index (χ0n) is 16.8. The molecule has 0 bridgehead atoms. The summed E-state index contributed by atoms with van der Waals surface area (Å²) in [6, 6.07) is 14.1. The van der Waals surface area contributed by atoms with Gasteiger partial charge in [0.15, 0.2) is 5.65 Å². The maximum Gasteiger partial charge on any atom is 0.256 e. The Labute approximate surface area is 173 Å². The fraction of sp³-hybridized carbons (Fsp3) is 0.208. The van der Waals surface area contributed by atoms with Crippen molar-refractivity contribution in [1.82, 2.24) is 14.8 Å². The molecular weight excluding hydrogens is 379 g/mol. The predicted molar refractivity (Wildman–Crippen MR) is 115 cm³/mol. The van der Waals surface area contributed by atoms with Crippen LogP contribution in [0.15, 0.2) is 54.7 Å². The highest BCUT2D eigenvalue weighted by Crippen LogP contribution is 2.40. The number of para-hydroxylation sites is 1. The Balaban J connectivity index is 1.61. The van der Waals surface area contributed by atoms with Crippen LogP contribution in [0, 0.1) is 19.7 Å². The first-order chi connectivity index (χ1) is 14.5. The minimum atomic E-state index is -0.387. The largest absolute Gasteiger partial charge is 0.322 e. The molecule has 1 saturated carbocycles. The molecule has 0 saturated heterocycles. The van der Waals surface area contributed by atoms with Gasteiger partial charge in [0.1, 0.15) is 11.5 Å². The van der Waals surface area contributed by atoms with Crippen LogP contribution in [-0.4, -0.2) is 20.7 Å². The standard InChI is InChI=1S/C24H21FN4O/c1-14-7-10-17(11-15(14)2)27-24(30)18-12-21(16-8-9-16)28-23-19(18)13-26-29(23)22-6-4-3-5-20(22)25/h3-7,10-13,16H,8-9H2,1-2H3,(H,27,30). The van der Waals surface area contributed by atoms with Crippen LogP contribution >= 0.6 is 0 Å². The van der Waals surface area contributed by atoms with Gasteiger partial charge in [-0.05, 0) is 68.1 Å². The van der Waals surface area contributed by atoms with Crippen LogP contribution in [0.1, 0.15) is 45.9 Å². The summed E-state index contributed by atoms with van der Waals surface area (Å²) in [7, 11) is 0. The average molecular weight is 400 g/mol. The lowest BCUT2D eigenvalue weighted by atomic mass is 10.1. The van der Waals surface area contributed by atoms with Crippen LogP contribution in [-0.2, 0) is 0 Å². The summed E-state index contributed by atoms with van der Waals surface area (Å²) in [4.78, 5) is 17.9. The lowest BCUT2D eigenvalue weighted by Crippen LogP contribution is -2.14. The van der Waals surface area contributed by atoms with Crippen molar-refractivity contribution in [2.75, 3.05) is 5.32 Å². The van der Waals surface area contributed by atoms with Gasteiger partial charge in [-0.3, -0.25) is 4.79 Å². The van der Waals surface area contributed by atoms with Gasteiger partial charge in [-0.25, -0.2) is 14.1 Å². The van der Waals surface area contributed by atoms with Crippen molar-refractivity contribution in [2.45, 2.75) is 32.6 Å². The van der Waals surface area contributed by atoms with E-state index in [0.717, 1.165) is 29.8 Å². The number of nitrogens with zero attached hydrogens (tertiary/aromatic N) is 3. The molecule has 2 aromatic carbocycles. The number of benzene rings is 2. The number of nitrogens with one attached hydrogen (secondary N) is 1. The summed E-state index contributed by atoms with van der Waals surface area (Å²) in [5, 5.41) is 7.95. The van der Waals surface area contributed by atoms with E-state index < -0.39 is 0 Å². The second-order valence-electron chi connectivity index (χ2n) is 7.87. The Morgan fingerprint density at radius 1 is 1.10 bits per heavy atom. The molecule has 0 radical (unpaired) electrons. The summed E-state index contributed by atoms with van der Waals surface area (Å²) < 4.78 is 15.9. The smallest absolute Gasteiger partial charge is 0.256 e. The van der Waals surface area contributed by atoms with Crippen LogP contribution in [0.5, 0.6) is 0 Å². The molecular formula is C24H21FN4O. The average Bonchev–Trinajstić information content (AvgIpc) is 3.50. The quantitative estimate of drug-likeness (QED) is 0.505. The number of halogens is 1. The summed E-state index contributed by atoms with van der Waals surface area (Å²) in [5.74, 6) is -0.269. The first-order valence-corrected chi connectivity index (χ1v) is 10.0. The van der Waals surface area contributed by atoms with E-state index in [1.54, 1.807) is 24.4 Å². The zero-order valence-corrected chi connectivity index (χ0v) is 16.8. The molecule has 0 aliphatic heterocycles. The van der Waals surface area contributed by atoms with Crippen molar-refractivity contribution in [3.05, 3.63) is 82.9 Å². The van der Waals surface area contributed by atoms with Gasteiger partial charge >= 0.3 is 0 Å². The maximum absolute atomic E-state index is 14.4. The number of fused-ring (bicyclic) bond motifs is 1. The third-order valence-electron chi connectivity index (χ3n) is 5.65. The van der Waals surface area contributed by atoms with Gasteiger partial charge < -0.3 is 5.32 Å². The van der Waals surface area contributed by atoms with Crippen molar-refractivity contribution in [1.29, 1.82) is 0 Å². The van der Waals surface area contributed by atoms with E-state index in [1.165, 1.54) is 16.3 Å². The fourth-order valence-electron chi connectivity index (χ4n) is 3.61. The molecule has 0 spiro atoms. The van der Waals surface area contributed by atoms with E-state index in [9.17, 15) is 9.18 Å². The number of carbonyl (C=O) groups is 1. The summed E-state index contributed by atoms with van der Waals surface area (Å²) in [6.07, 6.45) is 3.68. The Bertz CT molecular complexity index is 1290. The van der Waals surface area contributed by atoms with Gasteiger partial charge in [-0.2, -0.15) is 5.10 Å². The molecule has 4 aromatic rings. The number of hydrogen-bond donors (Lipinski definition) is 1. The lowest BCUT2D eigenvalue weighted by molar-refractivity contribution is 0.102. The topological polar surface area (TPSA) is 59.8 Å². The summed E-state index contributed by atoms with van der Waals surface area (Å²) >= 11 is 0. The van der Waals surface area contributed by atoms with Crippen molar-refractivity contribution in [3.8, 4) is 5.69 Å². The number of carbonyl (C=O) groups excluding carboxylic acids is 1. The number of pyridine rings is 1. The van der Waals surface area contributed by atoms with Crippen molar-refractivity contribution >= 4 is 22.6 Å². The molecule has 30 heavy (non-hydrogen) atoms. The number of rotatable bonds is 4. The van der Waals surface area contributed by atoms with E-state index in [2.05, 4.69) is 10.4 Å². The summed E-state index contributed by atoms with van der Waals surface area (Å²) in [6.45, 7) is 4.05. The summed E-state index contributed by atoms with van der Waals surface area (Å²) in [5.41, 5.74) is 5.18. The van der Waals surface area contributed by atoms with Gasteiger partial charge in [-0.1, -0.05) is 18.2 Å². The molecule has 2 heterocycles. The maximum atomic E-state index is 14.4. The first kappa shape index (κ1) is 18.5. The highest BCUT2D eigenvalue weighted by atomic mass is 19.1. The van der Waals surface area contributed by atoms with Gasteiger partial charge in [0.2, 0.25) is 0 Å². The number of aromatic nitrogens is 3. The lowest BCUT2D eigenvalue weighted by Gasteiger charge is -2.11. The highest BCUT2D eigenvalue weighted by Gasteiger charge is 2.28. The highest BCUT2D eigenvalue weighted by molar-refractivity contribution is 6.12. The minimum absolute atomic E-state index is 0.222. The van der Waals surface area contributed by atoms with Crippen LogP contribution in [0.4, 0.5) is 10.1 Å². The number of aryl methyl sites for hydroxylation is 2. The number of anilines is 1. The van der Waals surface area contributed by atoms with Gasteiger partial charge in [0.25, 0.3) is 5.91 Å². The van der Waals surface area contributed by atoms with Crippen LogP contribution < -0.4 is 5.32 Å². The normalized spacial score (nSPS) is 13.6. The molecule has 150 valence electrons. The van der Waals surface area contributed by atoms with Gasteiger partial charge in [-0.15, -0.1) is 0 Å². The molecule has 1 amide bonds. The van der Waals surface area contributed by atoms with Crippen LogP contribution in [0.25, 0.3) is 16.7 Å². The SMILES string of the molecule is Cc1ccc(NC(=O)c2cc(C3CC3)nc3c2cnn3-c2ccccc2F)cc1C. The molecule has 5 rings (SSSR count). The fourth-order valence-corrected chi connectivity index (χ4v) is 3.61. The molecule has 6 heteroatoms. The van der Waals surface area contributed by atoms with E-state index in [-0.39, 0.29) is 11.7 Å². The predicted octanol–water partition coefficient (Wildman–Crippen LogP) is 5.31. The van der Waals surface area contributed by atoms with Crippen molar-refractivity contribution < 1.29 is 9.18 Å². The second kappa shape index (κ2) is 7.06. The monoisotopic (exact) mass is 400 g/mol. The molecule has 2 aromatic heterocycles. The second-order valence-corrected chi connectivity index (χ2v) is 7.87. The minimum Gasteiger partial charge on any atom is -0.322 e. The zero-order chi connectivity index (χ0) is 20.8. The molecule has 1 fully saturated rings. The molecule has 1 aliphatic carbocycles. The van der Waals surface area contributed by atoms with Gasteiger partial charge in [0, 0.05) is 17.3 Å². The molecule has 5 nitrogen and oxygen atoms in total. The van der Waals surface area contributed by atoms with E-state index in [1.807, 2.05) is 38.1 Å². The molecule has 0 atom stereocenters. The third-order valence-corrected chi connectivity index (χ3v) is 5.65. The first-order valence-electron chi connectivity index (χ1n) is 10.0. The van der Waals surface area contributed by atoms with Gasteiger partial charge in [0.05, 0.1) is 17.1 Å². The van der Waals surface area contributed by atoms with Crippen molar-refractivity contribution in [3.63, 3.8) is 0 Å². The molecule has 1 N–H and O–H groups in total. The van der Waals surface area contributed by atoms with E-state index in [0.29, 0.717) is 28.2 Å².